The van der Waals surface area contributed by atoms with Crippen molar-refractivity contribution in [3.05, 3.63) is 59.7 Å². The van der Waals surface area contributed by atoms with Crippen molar-refractivity contribution < 1.29 is 4.74 Å². The number of epoxide rings is 1. The highest BCUT2D eigenvalue weighted by Crippen LogP contribution is 2.52. The van der Waals surface area contributed by atoms with Crippen molar-refractivity contribution in [1.29, 1.82) is 0 Å². The van der Waals surface area contributed by atoms with E-state index in [2.05, 4.69) is 48.5 Å². The highest BCUT2D eigenvalue weighted by Gasteiger charge is 2.47. The van der Waals surface area contributed by atoms with E-state index in [1.807, 2.05) is 0 Å². The van der Waals surface area contributed by atoms with Crippen LogP contribution < -0.4 is 0 Å². The predicted octanol–water partition coefficient (Wildman–Crippen LogP) is 4.58. The first kappa shape index (κ1) is 9.73. The van der Waals surface area contributed by atoms with Gasteiger partial charge in [-0.1, -0.05) is 42.5 Å². The molecule has 0 bridgehead atoms. The first-order valence-electron chi connectivity index (χ1n) is 7.25. The summed E-state index contributed by atoms with van der Waals surface area (Å²) in [5.41, 5.74) is 2.96. The minimum absolute atomic E-state index is 0.381. The quantitative estimate of drug-likeness (QED) is 0.331. The van der Waals surface area contributed by atoms with Gasteiger partial charge in [0.1, 0.15) is 6.10 Å². The van der Waals surface area contributed by atoms with Gasteiger partial charge in [-0.15, -0.1) is 0 Å². The molecular weight excluding hydrogens is 244 g/mol. The number of ether oxygens (including phenoxy) is 1. The molecule has 1 nitrogen and oxygen atoms in total. The summed E-state index contributed by atoms with van der Waals surface area (Å²) in [6.07, 6.45) is 1.93. The molecule has 1 heterocycles. The summed E-state index contributed by atoms with van der Waals surface area (Å²) in [5, 5.41) is 8.36. The second-order valence-corrected chi connectivity index (χ2v) is 6.10. The molecule has 4 aromatic rings. The Morgan fingerprint density at radius 2 is 1.65 bits per heavy atom. The summed E-state index contributed by atoms with van der Waals surface area (Å²) in [6, 6.07) is 18.0. The molecule has 0 saturated carbocycles. The number of fused-ring (bicyclic) bond motifs is 4. The molecular formula is C19H12O. The van der Waals surface area contributed by atoms with Crippen LogP contribution in [0.4, 0.5) is 0 Å². The van der Waals surface area contributed by atoms with Crippen LogP contribution in [0.5, 0.6) is 0 Å². The summed E-state index contributed by atoms with van der Waals surface area (Å²) < 4.78 is 5.71. The van der Waals surface area contributed by atoms with Gasteiger partial charge in [-0.3, -0.25) is 0 Å². The highest BCUT2D eigenvalue weighted by atomic mass is 16.6. The maximum absolute atomic E-state index is 5.71. The third-order valence-corrected chi connectivity index (χ3v) is 5.09. The topological polar surface area (TPSA) is 12.5 Å². The summed E-state index contributed by atoms with van der Waals surface area (Å²) in [5.74, 6) is 0. The lowest BCUT2D eigenvalue weighted by atomic mass is 9.90. The second kappa shape index (κ2) is 2.97. The molecule has 1 fully saturated rings. The average molecular weight is 256 g/mol. The van der Waals surface area contributed by atoms with Gasteiger partial charge in [0.15, 0.2) is 0 Å². The molecule has 0 aromatic heterocycles. The molecule has 4 aromatic carbocycles. The normalized spacial score (nSPS) is 23.6. The van der Waals surface area contributed by atoms with Gasteiger partial charge in [-0.2, -0.15) is 0 Å². The van der Waals surface area contributed by atoms with Crippen molar-refractivity contribution in [2.24, 2.45) is 0 Å². The molecule has 2 aliphatic rings. The molecule has 6 rings (SSSR count). The van der Waals surface area contributed by atoms with Crippen molar-refractivity contribution in [3.8, 4) is 0 Å². The third kappa shape index (κ3) is 0.981. The molecule has 2 unspecified atom stereocenters. The van der Waals surface area contributed by atoms with Crippen LogP contribution in [0.1, 0.15) is 17.2 Å². The van der Waals surface area contributed by atoms with Gasteiger partial charge in [0.05, 0.1) is 6.10 Å². The zero-order chi connectivity index (χ0) is 12.8. The van der Waals surface area contributed by atoms with Crippen molar-refractivity contribution >= 4 is 32.3 Å². The van der Waals surface area contributed by atoms with E-state index in [0.29, 0.717) is 12.2 Å². The lowest BCUT2D eigenvalue weighted by Crippen LogP contribution is -1.93. The Labute approximate surface area is 116 Å². The molecule has 0 radical (unpaired) electrons. The molecule has 1 heteroatoms. The molecule has 0 spiro atoms. The maximum atomic E-state index is 5.71. The Bertz CT molecular complexity index is 999. The standard InChI is InChI=1S/C19H12O/c1-2-10-4-5-12-8-15-14(9-16-19(15)20-16)13-7-6-11(3-1)17(10)18(12)13/h1-8,16,19H,9H2. The molecule has 94 valence electrons. The molecule has 0 amide bonds. The number of hydrogen-bond acceptors (Lipinski definition) is 1. The van der Waals surface area contributed by atoms with Gasteiger partial charge in [-0.25, -0.2) is 0 Å². The lowest BCUT2D eigenvalue weighted by Gasteiger charge is -2.14. The fraction of sp³-hybridized carbons (Fsp3) is 0.158. The smallest absolute Gasteiger partial charge is 0.110 e. The molecule has 1 aliphatic carbocycles. The Balaban J connectivity index is 1.94. The first-order valence-corrected chi connectivity index (χ1v) is 7.25. The van der Waals surface area contributed by atoms with Crippen molar-refractivity contribution in [3.63, 3.8) is 0 Å². The van der Waals surface area contributed by atoms with Crippen molar-refractivity contribution in [2.75, 3.05) is 0 Å². The van der Waals surface area contributed by atoms with E-state index in [1.165, 1.54) is 43.4 Å². The molecule has 1 aliphatic heterocycles. The SMILES string of the molecule is c1cc2ccc3cc4c(c5ccc(c1)c2c35)CC1OC41. The highest BCUT2D eigenvalue weighted by molar-refractivity contribution is 6.23. The van der Waals surface area contributed by atoms with E-state index in [0.717, 1.165) is 6.42 Å². The zero-order valence-corrected chi connectivity index (χ0v) is 10.9. The number of benzene rings is 4. The van der Waals surface area contributed by atoms with E-state index < -0.39 is 0 Å². The van der Waals surface area contributed by atoms with Crippen LogP contribution in [0, 0.1) is 0 Å². The summed E-state index contributed by atoms with van der Waals surface area (Å²) in [6.45, 7) is 0. The van der Waals surface area contributed by atoms with Gasteiger partial charge >= 0.3 is 0 Å². The molecule has 1 saturated heterocycles. The molecule has 2 atom stereocenters. The van der Waals surface area contributed by atoms with Gasteiger partial charge < -0.3 is 4.74 Å². The fourth-order valence-electron chi connectivity index (χ4n) is 4.15. The van der Waals surface area contributed by atoms with Crippen LogP contribution in [-0.2, 0) is 11.2 Å². The first-order chi connectivity index (χ1) is 9.90. The van der Waals surface area contributed by atoms with Gasteiger partial charge in [0.25, 0.3) is 0 Å². The van der Waals surface area contributed by atoms with Crippen LogP contribution in [0.3, 0.4) is 0 Å². The van der Waals surface area contributed by atoms with E-state index in [1.54, 1.807) is 0 Å². The number of hydrogen-bond donors (Lipinski definition) is 0. The molecule has 20 heavy (non-hydrogen) atoms. The monoisotopic (exact) mass is 256 g/mol. The average Bonchev–Trinajstić information content (AvgIpc) is 3.17. The molecule has 0 N–H and O–H groups in total. The van der Waals surface area contributed by atoms with E-state index in [4.69, 9.17) is 4.74 Å². The van der Waals surface area contributed by atoms with Crippen LogP contribution in [0.2, 0.25) is 0 Å². The lowest BCUT2D eigenvalue weighted by molar-refractivity contribution is 0.362. The minimum Gasteiger partial charge on any atom is -0.364 e. The van der Waals surface area contributed by atoms with Crippen LogP contribution in [0.15, 0.2) is 48.5 Å². The summed E-state index contributed by atoms with van der Waals surface area (Å²) >= 11 is 0. The zero-order valence-electron chi connectivity index (χ0n) is 10.9. The van der Waals surface area contributed by atoms with Gasteiger partial charge in [-0.05, 0) is 49.5 Å². The minimum atomic E-state index is 0.381. The van der Waals surface area contributed by atoms with Gasteiger partial charge in [0, 0.05) is 6.42 Å². The van der Waals surface area contributed by atoms with Crippen molar-refractivity contribution in [2.45, 2.75) is 18.6 Å². The van der Waals surface area contributed by atoms with E-state index >= 15 is 0 Å². The Kier molecular flexibility index (Phi) is 1.44. The third-order valence-electron chi connectivity index (χ3n) is 5.09. The van der Waals surface area contributed by atoms with E-state index in [-0.39, 0.29) is 0 Å². The Morgan fingerprint density at radius 1 is 0.850 bits per heavy atom. The van der Waals surface area contributed by atoms with Crippen LogP contribution in [-0.4, -0.2) is 6.10 Å². The van der Waals surface area contributed by atoms with Crippen LogP contribution in [0.25, 0.3) is 32.3 Å². The van der Waals surface area contributed by atoms with Crippen LogP contribution >= 0.6 is 0 Å². The van der Waals surface area contributed by atoms with Gasteiger partial charge in [0.2, 0.25) is 0 Å². The Morgan fingerprint density at radius 3 is 2.55 bits per heavy atom. The number of rotatable bonds is 0. The largest absolute Gasteiger partial charge is 0.364 e. The second-order valence-electron chi connectivity index (χ2n) is 6.10. The Hall–Kier alpha value is -2.12. The fourth-order valence-corrected chi connectivity index (χ4v) is 4.15. The summed E-state index contributed by atoms with van der Waals surface area (Å²) in [4.78, 5) is 0. The van der Waals surface area contributed by atoms with Crippen molar-refractivity contribution in [1.82, 2.24) is 0 Å². The van der Waals surface area contributed by atoms with E-state index in [9.17, 15) is 0 Å². The predicted molar refractivity (Wildman–Crippen MR) is 81.5 cm³/mol. The maximum Gasteiger partial charge on any atom is 0.110 e. The summed E-state index contributed by atoms with van der Waals surface area (Å²) in [7, 11) is 0.